The number of hydrogen-bond donors (Lipinski definition) is 0. The van der Waals surface area contributed by atoms with Crippen molar-refractivity contribution in [1.82, 2.24) is 29.7 Å². The molecule has 2 aliphatic heterocycles. The first-order chi connectivity index (χ1) is 14.7. The molecule has 0 aliphatic carbocycles. The molecule has 0 N–H and O–H groups in total. The molecule has 10 heteroatoms. The van der Waals surface area contributed by atoms with E-state index in [1.807, 2.05) is 0 Å². The number of alkyl halides is 3. The van der Waals surface area contributed by atoms with E-state index in [1.54, 1.807) is 11.8 Å². The van der Waals surface area contributed by atoms with E-state index in [-0.39, 0.29) is 17.3 Å². The van der Waals surface area contributed by atoms with E-state index < -0.39 is 11.7 Å². The van der Waals surface area contributed by atoms with Gasteiger partial charge in [-0.05, 0) is 58.1 Å². The molecule has 4 rings (SSSR count). The Kier molecular flexibility index (Phi) is 6.02. The fourth-order valence-electron chi connectivity index (χ4n) is 4.39. The predicted molar refractivity (Wildman–Crippen MR) is 109 cm³/mol. The van der Waals surface area contributed by atoms with Crippen LogP contribution in [0.2, 0.25) is 0 Å². The molecule has 0 bridgehead atoms. The molecule has 0 radical (unpaired) electrons. The summed E-state index contributed by atoms with van der Waals surface area (Å²) in [4.78, 5) is 19.6. The van der Waals surface area contributed by atoms with Crippen molar-refractivity contribution in [3.8, 4) is 5.69 Å². The molecule has 0 saturated carbocycles. The van der Waals surface area contributed by atoms with Gasteiger partial charge in [0.15, 0.2) is 5.69 Å². The lowest BCUT2D eigenvalue weighted by atomic mass is 10.0. The number of hydrogen-bond acceptors (Lipinski definition) is 5. The molecule has 0 spiro atoms. The molecule has 3 heterocycles. The van der Waals surface area contributed by atoms with Gasteiger partial charge in [0.2, 0.25) is 0 Å². The second-order valence-electron chi connectivity index (χ2n) is 8.35. The van der Waals surface area contributed by atoms with E-state index in [9.17, 15) is 18.0 Å². The Balaban J connectivity index is 1.43. The first-order valence-electron chi connectivity index (χ1n) is 10.6. The Morgan fingerprint density at radius 1 is 1.06 bits per heavy atom. The Labute approximate surface area is 179 Å². The van der Waals surface area contributed by atoms with Gasteiger partial charge in [-0.3, -0.25) is 9.69 Å². The molecule has 1 aromatic heterocycles. The molecule has 31 heavy (non-hydrogen) atoms. The second-order valence-corrected chi connectivity index (χ2v) is 8.35. The highest BCUT2D eigenvalue weighted by Gasteiger charge is 2.32. The van der Waals surface area contributed by atoms with Gasteiger partial charge in [0.05, 0.1) is 16.9 Å². The Morgan fingerprint density at radius 3 is 2.39 bits per heavy atom. The van der Waals surface area contributed by atoms with Crippen LogP contribution in [0.15, 0.2) is 24.3 Å². The van der Waals surface area contributed by atoms with Crippen LogP contribution < -0.4 is 0 Å². The SMILES string of the molecule is Cc1c(C(=O)N2CCN(C3CCN(C)CC3)CC2)nnn1-c1cccc(C(F)(F)F)c1. The third-order valence-corrected chi connectivity index (χ3v) is 6.32. The summed E-state index contributed by atoms with van der Waals surface area (Å²) in [7, 11) is 2.14. The molecule has 2 aromatic rings. The van der Waals surface area contributed by atoms with Crippen LogP contribution in [0.3, 0.4) is 0 Å². The molecule has 7 nitrogen and oxygen atoms in total. The van der Waals surface area contributed by atoms with E-state index in [2.05, 4.69) is 27.2 Å². The summed E-state index contributed by atoms with van der Waals surface area (Å²) >= 11 is 0. The minimum absolute atomic E-state index is 0.185. The van der Waals surface area contributed by atoms with E-state index in [1.165, 1.54) is 16.8 Å². The van der Waals surface area contributed by atoms with Crippen LogP contribution in [-0.2, 0) is 6.18 Å². The van der Waals surface area contributed by atoms with Crippen molar-refractivity contribution in [3.63, 3.8) is 0 Å². The van der Waals surface area contributed by atoms with E-state index in [0.717, 1.165) is 51.2 Å². The largest absolute Gasteiger partial charge is 0.416 e. The van der Waals surface area contributed by atoms with Crippen LogP contribution in [0.25, 0.3) is 5.69 Å². The number of piperidine rings is 1. The summed E-state index contributed by atoms with van der Waals surface area (Å²) in [5.41, 5.74) is 0.0796. The lowest BCUT2D eigenvalue weighted by molar-refractivity contribution is -0.137. The van der Waals surface area contributed by atoms with Gasteiger partial charge in [-0.25, -0.2) is 4.68 Å². The summed E-state index contributed by atoms with van der Waals surface area (Å²) < 4.78 is 40.4. The van der Waals surface area contributed by atoms with Gasteiger partial charge < -0.3 is 9.80 Å². The maximum absolute atomic E-state index is 13.0. The highest BCUT2D eigenvalue weighted by molar-refractivity contribution is 5.93. The van der Waals surface area contributed by atoms with Crippen molar-refractivity contribution in [2.75, 3.05) is 46.3 Å². The summed E-state index contributed by atoms with van der Waals surface area (Å²) in [6.45, 7) is 6.72. The third kappa shape index (κ3) is 4.59. The molecule has 1 aromatic carbocycles. The van der Waals surface area contributed by atoms with Crippen molar-refractivity contribution in [2.45, 2.75) is 32.0 Å². The van der Waals surface area contributed by atoms with Crippen molar-refractivity contribution in [1.29, 1.82) is 0 Å². The van der Waals surface area contributed by atoms with Gasteiger partial charge in [0.1, 0.15) is 0 Å². The van der Waals surface area contributed by atoms with Gasteiger partial charge in [0.25, 0.3) is 5.91 Å². The zero-order chi connectivity index (χ0) is 22.2. The molecule has 0 unspecified atom stereocenters. The number of carbonyl (C=O) groups is 1. The fourth-order valence-corrected chi connectivity index (χ4v) is 4.39. The highest BCUT2D eigenvalue weighted by Crippen LogP contribution is 2.30. The second kappa shape index (κ2) is 8.58. The molecule has 1 amide bonds. The van der Waals surface area contributed by atoms with Crippen molar-refractivity contribution in [2.24, 2.45) is 0 Å². The summed E-state index contributed by atoms with van der Waals surface area (Å²) in [5, 5.41) is 7.95. The quantitative estimate of drug-likeness (QED) is 0.740. The van der Waals surface area contributed by atoms with E-state index >= 15 is 0 Å². The average Bonchev–Trinajstić information content (AvgIpc) is 3.15. The Hall–Kier alpha value is -2.46. The number of piperazine rings is 1. The number of aromatic nitrogens is 3. The van der Waals surface area contributed by atoms with Gasteiger partial charge >= 0.3 is 6.18 Å². The molecule has 2 saturated heterocycles. The number of rotatable bonds is 3. The van der Waals surface area contributed by atoms with Gasteiger partial charge in [-0.2, -0.15) is 13.2 Å². The maximum Gasteiger partial charge on any atom is 0.416 e. The van der Waals surface area contributed by atoms with E-state index in [4.69, 9.17) is 0 Å². The lowest BCUT2D eigenvalue weighted by Gasteiger charge is -2.42. The monoisotopic (exact) mass is 436 g/mol. The van der Waals surface area contributed by atoms with Crippen LogP contribution in [0.4, 0.5) is 13.2 Å². The summed E-state index contributed by atoms with van der Waals surface area (Å²) in [5.74, 6) is -0.223. The van der Waals surface area contributed by atoms with Crippen molar-refractivity contribution < 1.29 is 18.0 Å². The van der Waals surface area contributed by atoms with Gasteiger partial charge in [-0.15, -0.1) is 5.10 Å². The fraction of sp³-hybridized carbons (Fsp3) is 0.571. The minimum atomic E-state index is -4.45. The number of benzene rings is 1. The number of likely N-dealkylation sites (tertiary alicyclic amines) is 1. The minimum Gasteiger partial charge on any atom is -0.335 e. The molecular formula is C21H27F3N6O. The number of halogens is 3. The van der Waals surface area contributed by atoms with Gasteiger partial charge in [0, 0.05) is 32.2 Å². The Morgan fingerprint density at radius 2 is 1.74 bits per heavy atom. The van der Waals surface area contributed by atoms with Crippen molar-refractivity contribution >= 4 is 5.91 Å². The molecule has 168 valence electrons. The number of amides is 1. The summed E-state index contributed by atoms with van der Waals surface area (Å²) in [6.07, 6.45) is -2.15. The predicted octanol–water partition coefficient (Wildman–Crippen LogP) is 2.45. The summed E-state index contributed by atoms with van der Waals surface area (Å²) in [6, 6.07) is 5.42. The molecular weight excluding hydrogens is 409 g/mol. The van der Waals surface area contributed by atoms with Gasteiger partial charge in [-0.1, -0.05) is 11.3 Å². The average molecular weight is 436 g/mol. The van der Waals surface area contributed by atoms with Crippen LogP contribution in [0.5, 0.6) is 0 Å². The van der Waals surface area contributed by atoms with Crippen LogP contribution in [0.1, 0.15) is 34.6 Å². The number of nitrogens with zero attached hydrogens (tertiary/aromatic N) is 6. The normalized spacial score (nSPS) is 19.7. The standard InChI is InChI=1S/C21H27F3N6O/c1-15-19(25-26-30(15)18-5-3-4-16(14-18)21(22,23)24)20(31)29-12-10-28(11-13-29)17-6-8-27(2)9-7-17/h3-5,14,17H,6-13H2,1-2H3. The van der Waals surface area contributed by atoms with E-state index in [0.29, 0.717) is 24.8 Å². The first kappa shape index (κ1) is 21.8. The molecule has 0 atom stereocenters. The molecule has 2 fully saturated rings. The first-order valence-corrected chi connectivity index (χ1v) is 10.6. The third-order valence-electron chi connectivity index (χ3n) is 6.32. The maximum atomic E-state index is 13.0. The molecule has 2 aliphatic rings. The van der Waals surface area contributed by atoms with Crippen LogP contribution in [0, 0.1) is 6.92 Å². The topological polar surface area (TPSA) is 57.5 Å². The van der Waals surface area contributed by atoms with Crippen LogP contribution in [-0.4, -0.2) is 88.0 Å². The number of carbonyl (C=O) groups excluding carboxylic acids is 1. The van der Waals surface area contributed by atoms with Crippen LogP contribution >= 0.6 is 0 Å². The zero-order valence-electron chi connectivity index (χ0n) is 17.8. The lowest BCUT2D eigenvalue weighted by Crippen LogP contribution is -2.54. The van der Waals surface area contributed by atoms with Crippen molar-refractivity contribution in [3.05, 3.63) is 41.2 Å². The Bertz CT molecular complexity index is 927. The highest BCUT2D eigenvalue weighted by atomic mass is 19.4. The zero-order valence-corrected chi connectivity index (χ0v) is 17.8. The smallest absolute Gasteiger partial charge is 0.335 e.